The van der Waals surface area contributed by atoms with E-state index in [1.807, 2.05) is 29.2 Å². The van der Waals surface area contributed by atoms with Gasteiger partial charge in [0.15, 0.2) is 0 Å². The van der Waals surface area contributed by atoms with E-state index in [0.29, 0.717) is 5.56 Å². The summed E-state index contributed by atoms with van der Waals surface area (Å²) >= 11 is 0. The number of unbranched alkanes of at least 4 members (excludes halogenated alkanes) is 1. The molecule has 0 N–H and O–H groups in total. The van der Waals surface area contributed by atoms with Crippen LogP contribution in [0.5, 0.6) is 5.75 Å². The van der Waals surface area contributed by atoms with Crippen LogP contribution in [0.4, 0.5) is 0 Å². The quantitative estimate of drug-likeness (QED) is 0.824. The summed E-state index contributed by atoms with van der Waals surface area (Å²) in [5.74, 6) is 0.758. The van der Waals surface area contributed by atoms with E-state index >= 15 is 0 Å². The van der Waals surface area contributed by atoms with Crippen molar-refractivity contribution in [2.45, 2.75) is 26.3 Å². The van der Waals surface area contributed by atoms with Gasteiger partial charge in [-0.3, -0.25) is 4.68 Å². The van der Waals surface area contributed by atoms with Crippen LogP contribution in [0, 0.1) is 11.3 Å². The minimum absolute atomic E-state index is 0.622. The summed E-state index contributed by atoms with van der Waals surface area (Å²) in [6.07, 6.45) is 6.06. The second-order valence-corrected chi connectivity index (χ2v) is 4.37. The van der Waals surface area contributed by atoms with Crippen LogP contribution < -0.4 is 4.74 Å². The number of ether oxygens (including phenoxy) is 1. The largest absolute Gasteiger partial charge is 0.496 e. The van der Waals surface area contributed by atoms with Gasteiger partial charge in [0, 0.05) is 23.9 Å². The maximum absolute atomic E-state index is 8.98. The van der Waals surface area contributed by atoms with Crippen molar-refractivity contribution in [3.8, 4) is 22.9 Å². The van der Waals surface area contributed by atoms with Crippen LogP contribution in [0.1, 0.15) is 25.3 Å². The van der Waals surface area contributed by atoms with Gasteiger partial charge < -0.3 is 4.74 Å². The lowest BCUT2D eigenvalue weighted by Crippen LogP contribution is -1.96. The number of nitrogens with zero attached hydrogens (tertiary/aromatic N) is 3. The van der Waals surface area contributed by atoms with Gasteiger partial charge in [-0.25, -0.2) is 0 Å². The minimum Gasteiger partial charge on any atom is -0.496 e. The lowest BCUT2D eigenvalue weighted by atomic mass is 10.1. The number of rotatable bonds is 5. The second kappa shape index (κ2) is 6.05. The molecule has 0 saturated carbocycles. The van der Waals surface area contributed by atoms with Crippen LogP contribution in [0.3, 0.4) is 0 Å². The Hall–Kier alpha value is -2.28. The average molecular weight is 255 g/mol. The Kier molecular flexibility index (Phi) is 4.19. The smallest absolute Gasteiger partial charge is 0.126 e. The second-order valence-electron chi connectivity index (χ2n) is 4.37. The number of aromatic nitrogens is 2. The molecule has 0 fully saturated rings. The predicted molar refractivity (Wildman–Crippen MR) is 73.8 cm³/mol. The normalized spacial score (nSPS) is 10.2. The van der Waals surface area contributed by atoms with Crippen molar-refractivity contribution in [3.05, 3.63) is 36.2 Å². The lowest BCUT2D eigenvalue weighted by molar-refractivity contribution is 0.416. The van der Waals surface area contributed by atoms with Crippen molar-refractivity contribution in [1.29, 1.82) is 5.26 Å². The maximum Gasteiger partial charge on any atom is 0.126 e. The number of benzene rings is 1. The minimum atomic E-state index is 0.622. The van der Waals surface area contributed by atoms with E-state index in [-0.39, 0.29) is 0 Å². The molecule has 0 saturated heterocycles. The lowest BCUT2D eigenvalue weighted by Gasteiger charge is -2.06. The zero-order valence-electron chi connectivity index (χ0n) is 11.3. The summed E-state index contributed by atoms with van der Waals surface area (Å²) in [7, 11) is 1.63. The summed E-state index contributed by atoms with van der Waals surface area (Å²) in [5, 5.41) is 13.3. The SMILES string of the molecule is CCCCn1cc(-c2cc(C#N)ccc2OC)cn1. The third-order valence-electron chi connectivity index (χ3n) is 3.01. The first-order valence-corrected chi connectivity index (χ1v) is 6.39. The molecule has 0 unspecified atom stereocenters. The first-order chi connectivity index (χ1) is 9.28. The molecule has 0 aliphatic carbocycles. The highest BCUT2D eigenvalue weighted by Crippen LogP contribution is 2.30. The molecule has 0 spiro atoms. The molecule has 0 atom stereocenters. The third kappa shape index (κ3) is 2.94. The zero-order valence-corrected chi connectivity index (χ0v) is 11.3. The molecule has 1 aromatic carbocycles. The monoisotopic (exact) mass is 255 g/mol. The van der Waals surface area contributed by atoms with Crippen LogP contribution in [0.2, 0.25) is 0 Å². The molecule has 0 aliphatic heterocycles. The van der Waals surface area contributed by atoms with Crippen molar-refractivity contribution in [1.82, 2.24) is 9.78 Å². The summed E-state index contributed by atoms with van der Waals surface area (Å²) in [6.45, 7) is 3.07. The predicted octanol–water partition coefficient (Wildman–Crippen LogP) is 3.23. The third-order valence-corrected chi connectivity index (χ3v) is 3.01. The highest BCUT2D eigenvalue weighted by atomic mass is 16.5. The molecular formula is C15H17N3O. The van der Waals surface area contributed by atoms with Crippen molar-refractivity contribution in [2.24, 2.45) is 0 Å². The first-order valence-electron chi connectivity index (χ1n) is 6.39. The molecule has 1 heterocycles. The molecule has 0 aliphatic rings. The van der Waals surface area contributed by atoms with Crippen molar-refractivity contribution >= 4 is 0 Å². The van der Waals surface area contributed by atoms with Gasteiger partial charge >= 0.3 is 0 Å². The van der Waals surface area contributed by atoms with Crippen LogP contribution >= 0.6 is 0 Å². The van der Waals surface area contributed by atoms with Crippen molar-refractivity contribution in [2.75, 3.05) is 7.11 Å². The number of hydrogen-bond acceptors (Lipinski definition) is 3. The molecule has 4 heteroatoms. The van der Waals surface area contributed by atoms with Crippen molar-refractivity contribution in [3.63, 3.8) is 0 Å². The van der Waals surface area contributed by atoms with Crippen LogP contribution in [-0.4, -0.2) is 16.9 Å². The van der Waals surface area contributed by atoms with Gasteiger partial charge in [0.2, 0.25) is 0 Å². The van der Waals surface area contributed by atoms with Gasteiger partial charge in [-0.05, 0) is 24.6 Å². The molecule has 0 amide bonds. The van der Waals surface area contributed by atoms with Crippen LogP contribution in [-0.2, 0) is 6.54 Å². The van der Waals surface area contributed by atoms with Gasteiger partial charge in [-0.15, -0.1) is 0 Å². The highest BCUT2D eigenvalue weighted by Gasteiger charge is 2.09. The number of hydrogen-bond donors (Lipinski definition) is 0. The molecule has 4 nitrogen and oxygen atoms in total. The molecule has 98 valence electrons. The fourth-order valence-electron chi connectivity index (χ4n) is 1.95. The Morgan fingerprint density at radius 2 is 2.26 bits per heavy atom. The molecule has 2 rings (SSSR count). The Morgan fingerprint density at radius 3 is 2.95 bits per heavy atom. The summed E-state index contributed by atoms with van der Waals surface area (Å²) < 4.78 is 7.27. The Labute approximate surface area is 113 Å². The average Bonchev–Trinajstić information content (AvgIpc) is 2.93. The maximum atomic E-state index is 8.98. The van der Waals surface area contributed by atoms with Gasteiger partial charge in [0.1, 0.15) is 5.75 Å². The van der Waals surface area contributed by atoms with Crippen molar-refractivity contribution < 1.29 is 4.74 Å². The molecule has 0 bridgehead atoms. The summed E-state index contributed by atoms with van der Waals surface area (Å²) in [5.41, 5.74) is 2.51. The van der Waals surface area contributed by atoms with Gasteiger partial charge in [-0.1, -0.05) is 13.3 Å². The van der Waals surface area contributed by atoms with E-state index in [1.54, 1.807) is 13.2 Å². The number of nitriles is 1. The van der Waals surface area contributed by atoms with E-state index in [0.717, 1.165) is 36.3 Å². The Bertz CT molecular complexity index is 596. The van der Waals surface area contributed by atoms with Gasteiger partial charge in [-0.2, -0.15) is 10.4 Å². The Balaban J connectivity index is 2.34. The molecule has 0 radical (unpaired) electrons. The number of aryl methyl sites for hydroxylation is 1. The van der Waals surface area contributed by atoms with E-state index in [1.165, 1.54) is 0 Å². The standard InChI is InChI=1S/C15H17N3O/c1-3-4-7-18-11-13(10-17-18)14-8-12(9-16)5-6-15(14)19-2/h5-6,8,10-11H,3-4,7H2,1-2H3. The fourth-order valence-corrected chi connectivity index (χ4v) is 1.95. The van der Waals surface area contributed by atoms with Gasteiger partial charge in [0.05, 0.1) is 24.9 Å². The zero-order chi connectivity index (χ0) is 13.7. The first kappa shape index (κ1) is 13.2. The summed E-state index contributed by atoms with van der Waals surface area (Å²) in [6, 6.07) is 7.55. The van der Waals surface area contributed by atoms with Gasteiger partial charge in [0.25, 0.3) is 0 Å². The molecule has 1 aromatic heterocycles. The molecule has 19 heavy (non-hydrogen) atoms. The van der Waals surface area contributed by atoms with E-state index in [4.69, 9.17) is 10.00 Å². The van der Waals surface area contributed by atoms with Crippen LogP contribution in [0.15, 0.2) is 30.6 Å². The van der Waals surface area contributed by atoms with E-state index < -0.39 is 0 Å². The van der Waals surface area contributed by atoms with E-state index in [2.05, 4.69) is 18.1 Å². The fraction of sp³-hybridized carbons (Fsp3) is 0.333. The van der Waals surface area contributed by atoms with Crippen LogP contribution in [0.25, 0.3) is 11.1 Å². The molecular weight excluding hydrogens is 238 g/mol. The molecule has 2 aromatic rings. The Morgan fingerprint density at radius 1 is 1.42 bits per heavy atom. The van der Waals surface area contributed by atoms with E-state index in [9.17, 15) is 0 Å². The summed E-state index contributed by atoms with van der Waals surface area (Å²) in [4.78, 5) is 0. The highest BCUT2D eigenvalue weighted by molar-refractivity contribution is 5.71. The topological polar surface area (TPSA) is 50.8 Å². The number of methoxy groups -OCH3 is 1.